The van der Waals surface area contributed by atoms with Gasteiger partial charge in [0.05, 0.1) is 11.4 Å². The van der Waals surface area contributed by atoms with Gasteiger partial charge in [0.2, 0.25) is 0 Å². The fourth-order valence-corrected chi connectivity index (χ4v) is 2.37. The summed E-state index contributed by atoms with van der Waals surface area (Å²) < 4.78 is 0. The minimum atomic E-state index is 0.777. The van der Waals surface area contributed by atoms with Gasteiger partial charge in [-0.2, -0.15) is 0 Å². The number of hydrogen-bond donors (Lipinski definition) is 0. The molecule has 0 saturated heterocycles. The maximum Gasteiger partial charge on any atom is 0.132 e. The van der Waals surface area contributed by atoms with Gasteiger partial charge in [-0.05, 0) is 24.6 Å². The number of hydrogen-bond acceptors (Lipinski definition) is 2. The molecule has 1 heterocycles. The smallest absolute Gasteiger partial charge is 0.132 e. The molecule has 0 radical (unpaired) electrons. The number of aliphatic imine (C=N–C) groups is 2. The van der Waals surface area contributed by atoms with Crippen molar-refractivity contribution >= 4 is 23.1 Å². The molecule has 19 heavy (non-hydrogen) atoms. The Bertz CT molecular complexity index is 594. The first-order valence-corrected chi connectivity index (χ1v) is 6.39. The van der Waals surface area contributed by atoms with Crippen molar-refractivity contribution < 1.29 is 0 Å². The Labute approximate surface area is 114 Å². The van der Waals surface area contributed by atoms with Gasteiger partial charge < -0.3 is 0 Å². The highest BCUT2D eigenvalue weighted by molar-refractivity contribution is 6.15. The maximum absolute atomic E-state index is 4.73. The molecule has 1 aromatic rings. The third-order valence-electron chi connectivity index (χ3n) is 3.27. The lowest BCUT2D eigenvalue weighted by Crippen LogP contribution is -2.35. The van der Waals surface area contributed by atoms with Crippen molar-refractivity contribution in [1.82, 2.24) is 4.90 Å². The molecule has 0 aromatic heterocycles. The lowest BCUT2D eigenvalue weighted by Gasteiger charge is -2.32. The highest BCUT2D eigenvalue weighted by Gasteiger charge is 2.25. The molecule has 0 N–H and O–H groups in total. The quantitative estimate of drug-likeness (QED) is 0.579. The summed E-state index contributed by atoms with van der Waals surface area (Å²) >= 11 is 0. The topological polar surface area (TPSA) is 28.0 Å². The summed E-state index contributed by atoms with van der Waals surface area (Å²) in [6.45, 7) is 12.2. The summed E-state index contributed by atoms with van der Waals surface area (Å²) in [7, 11) is 1.75. The molecule has 1 aliphatic heterocycles. The normalized spacial score (nSPS) is 15.1. The third-order valence-corrected chi connectivity index (χ3v) is 3.27. The third kappa shape index (κ3) is 2.12. The lowest BCUT2D eigenvalue weighted by atomic mass is 10.0. The van der Waals surface area contributed by atoms with Crippen LogP contribution in [0.5, 0.6) is 0 Å². The average Bonchev–Trinajstić information content (AvgIpc) is 2.41. The first kappa shape index (κ1) is 13.3. The zero-order valence-corrected chi connectivity index (χ0v) is 11.8. The zero-order chi connectivity index (χ0) is 14.0. The number of amidine groups is 2. The van der Waals surface area contributed by atoms with Crippen molar-refractivity contribution in [3.8, 4) is 0 Å². The molecule has 0 unspecified atom stereocenters. The van der Waals surface area contributed by atoms with Crippen LogP contribution in [0.15, 0.2) is 47.4 Å². The predicted molar refractivity (Wildman–Crippen MR) is 83.0 cm³/mol. The van der Waals surface area contributed by atoms with E-state index in [4.69, 9.17) is 4.99 Å². The van der Waals surface area contributed by atoms with E-state index >= 15 is 0 Å². The van der Waals surface area contributed by atoms with Crippen molar-refractivity contribution in [3.63, 3.8) is 0 Å². The fraction of sp³-hybridized carbons (Fsp3) is 0.250. The van der Waals surface area contributed by atoms with Crippen molar-refractivity contribution in [2.24, 2.45) is 9.98 Å². The Morgan fingerprint density at radius 2 is 2.21 bits per heavy atom. The summed E-state index contributed by atoms with van der Waals surface area (Å²) in [6, 6.07) is 6.12. The van der Waals surface area contributed by atoms with E-state index in [-0.39, 0.29) is 0 Å². The Morgan fingerprint density at radius 1 is 1.47 bits per heavy atom. The maximum atomic E-state index is 4.73. The van der Waals surface area contributed by atoms with E-state index in [1.165, 1.54) is 5.56 Å². The van der Waals surface area contributed by atoms with E-state index < -0.39 is 0 Å². The molecule has 0 amide bonds. The first-order valence-electron chi connectivity index (χ1n) is 6.39. The van der Waals surface area contributed by atoms with E-state index in [9.17, 15) is 0 Å². The number of aryl methyl sites for hydroxylation is 1. The molecule has 0 fully saturated rings. The molecule has 0 atom stereocenters. The monoisotopic (exact) mass is 253 g/mol. The number of fused-ring (bicyclic) bond motifs is 1. The summed E-state index contributed by atoms with van der Waals surface area (Å²) in [4.78, 5) is 11.0. The SMILES string of the molecule is C=C/C(=N\C)N1C(=C)c2c(C)cccc2N=C1CC. The molecular weight excluding hydrogens is 234 g/mol. The summed E-state index contributed by atoms with van der Waals surface area (Å²) in [6.07, 6.45) is 2.55. The second kappa shape index (κ2) is 5.22. The molecule has 98 valence electrons. The Hall–Kier alpha value is -2.16. The molecule has 3 nitrogen and oxygen atoms in total. The first-order chi connectivity index (χ1) is 9.13. The molecule has 0 bridgehead atoms. The molecule has 3 heteroatoms. The van der Waals surface area contributed by atoms with E-state index in [0.29, 0.717) is 0 Å². The Morgan fingerprint density at radius 3 is 2.79 bits per heavy atom. The van der Waals surface area contributed by atoms with Gasteiger partial charge in [-0.25, -0.2) is 4.99 Å². The molecule has 1 aliphatic rings. The van der Waals surface area contributed by atoms with Gasteiger partial charge in [0.1, 0.15) is 11.7 Å². The van der Waals surface area contributed by atoms with Crippen LogP contribution in [0.3, 0.4) is 0 Å². The van der Waals surface area contributed by atoms with Crippen LogP contribution in [0.2, 0.25) is 0 Å². The zero-order valence-electron chi connectivity index (χ0n) is 11.8. The molecular formula is C16H19N3. The van der Waals surface area contributed by atoms with Gasteiger partial charge in [0.15, 0.2) is 0 Å². The van der Waals surface area contributed by atoms with Gasteiger partial charge in [0, 0.05) is 19.0 Å². The lowest BCUT2D eigenvalue weighted by molar-refractivity contribution is 0.817. The second-order valence-corrected chi connectivity index (χ2v) is 4.42. The van der Waals surface area contributed by atoms with Gasteiger partial charge in [-0.15, -0.1) is 0 Å². The molecule has 0 saturated carbocycles. The van der Waals surface area contributed by atoms with Gasteiger partial charge in [-0.1, -0.05) is 32.2 Å². The molecule has 0 aliphatic carbocycles. The highest BCUT2D eigenvalue weighted by atomic mass is 15.3. The van der Waals surface area contributed by atoms with Crippen LogP contribution in [-0.4, -0.2) is 23.6 Å². The van der Waals surface area contributed by atoms with Gasteiger partial charge >= 0.3 is 0 Å². The summed E-state index contributed by atoms with van der Waals surface area (Å²) in [5.74, 6) is 1.73. The van der Waals surface area contributed by atoms with Crippen LogP contribution < -0.4 is 0 Å². The van der Waals surface area contributed by atoms with E-state index in [2.05, 4.69) is 38.1 Å². The van der Waals surface area contributed by atoms with Crippen molar-refractivity contribution in [2.45, 2.75) is 20.3 Å². The van der Waals surface area contributed by atoms with Crippen molar-refractivity contribution in [1.29, 1.82) is 0 Å². The van der Waals surface area contributed by atoms with Gasteiger partial charge in [0.25, 0.3) is 0 Å². The highest BCUT2D eigenvalue weighted by Crippen LogP contribution is 2.36. The van der Waals surface area contributed by atoms with Crippen LogP contribution in [0.1, 0.15) is 24.5 Å². The van der Waals surface area contributed by atoms with E-state index in [0.717, 1.165) is 35.0 Å². The minimum Gasteiger partial charge on any atom is -0.283 e. The van der Waals surface area contributed by atoms with Crippen LogP contribution in [0, 0.1) is 6.92 Å². The van der Waals surface area contributed by atoms with Crippen molar-refractivity contribution in [3.05, 3.63) is 48.6 Å². The van der Waals surface area contributed by atoms with E-state index in [1.807, 2.05) is 17.0 Å². The second-order valence-electron chi connectivity index (χ2n) is 4.42. The van der Waals surface area contributed by atoms with Crippen LogP contribution in [-0.2, 0) is 0 Å². The summed E-state index contributed by atoms with van der Waals surface area (Å²) in [5, 5.41) is 0. The van der Waals surface area contributed by atoms with E-state index in [1.54, 1.807) is 13.1 Å². The minimum absolute atomic E-state index is 0.777. The molecule has 0 spiro atoms. The van der Waals surface area contributed by atoms with Crippen LogP contribution in [0.4, 0.5) is 5.69 Å². The predicted octanol–water partition coefficient (Wildman–Crippen LogP) is 3.94. The van der Waals surface area contributed by atoms with Crippen LogP contribution >= 0.6 is 0 Å². The average molecular weight is 253 g/mol. The van der Waals surface area contributed by atoms with Crippen LogP contribution in [0.25, 0.3) is 5.70 Å². The fourth-order valence-electron chi connectivity index (χ4n) is 2.37. The largest absolute Gasteiger partial charge is 0.283 e. The standard InChI is InChI=1S/C16H19N3/c1-6-14(17-5)19-12(4)16-11(3)9-8-10-13(16)18-15(19)7-2/h6,8-10H,1,4,7H2,2-3,5H3/b17-14+. The van der Waals surface area contributed by atoms with Gasteiger partial charge in [-0.3, -0.25) is 9.89 Å². The Kier molecular flexibility index (Phi) is 3.65. The Balaban J connectivity index is 2.65. The number of rotatable bonds is 2. The summed E-state index contributed by atoms with van der Waals surface area (Å²) in [5.41, 5.74) is 4.16. The van der Waals surface area contributed by atoms with Crippen molar-refractivity contribution in [2.75, 3.05) is 7.05 Å². The number of benzene rings is 1. The molecule has 2 rings (SSSR count). The molecule has 1 aromatic carbocycles. The number of nitrogens with zero attached hydrogens (tertiary/aromatic N) is 3.